The number of carbonyl (C=O) groups excluding carboxylic acids is 1. The van der Waals surface area contributed by atoms with Gasteiger partial charge in [-0.2, -0.15) is 13.2 Å². The van der Waals surface area contributed by atoms with Crippen LogP contribution in [0.3, 0.4) is 0 Å². The molecular weight excluding hydrogens is 464 g/mol. The van der Waals surface area contributed by atoms with Crippen LogP contribution in [0.4, 0.5) is 17.6 Å². The van der Waals surface area contributed by atoms with Gasteiger partial charge in [0.15, 0.2) is 0 Å². The van der Waals surface area contributed by atoms with Crippen LogP contribution in [0.25, 0.3) is 0 Å². The fourth-order valence-electron chi connectivity index (χ4n) is 4.04. The second-order valence-corrected chi connectivity index (χ2v) is 8.31. The Kier molecular flexibility index (Phi) is 7.82. The van der Waals surface area contributed by atoms with Gasteiger partial charge in [-0.05, 0) is 35.9 Å². The summed E-state index contributed by atoms with van der Waals surface area (Å²) < 4.78 is 60.8. The lowest BCUT2D eigenvalue weighted by molar-refractivity contribution is -0.138. The lowest BCUT2D eigenvalue weighted by atomic mass is 10.1. The van der Waals surface area contributed by atoms with Gasteiger partial charge in [0, 0.05) is 50.7 Å². The Labute approximate surface area is 200 Å². The third kappa shape index (κ3) is 6.46. The van der Waals surface area contributed by atoms with E-state index in [0.29, 0.717) is 37.7 Å². The molecule has 0 spiro atoms. The lowest BCUT2D eigenvalue weighted by Gasteiger charge is -2.30. The number of hydrogen-bond donors (Lipinski definition) is 0. The van der Waals surface area contributed by atoms with Gasteiger partial charge >= 0.3 is 6.18 Å². The fourth-order valence-corrected chi connectivity index (χ4v) is 4.04. The Balaban J connectivity index is 1.55. The minimum atomic E-state index is -4.47. The van der Waals surface area contributed by atoms with Gasteiger partial charge in [-0.3, -0.25) is 9.69 Å². The van der Waals surface area contributed by atoms with Crippen molar-refractivity contribution in [3.8, 4) is 0 Å². The number of ether oxygens (including phenoxy) is 1. The van der Waals surface area contributed by atoms with Crippen LogP contribution in [-0.4, -0.2) is 64.7 Å². The minimum Gasteiger partial charge on any atom is -0.379 e. The smallest absolute Gasteiger partial charge is 0.379 e. The highest BCUT2D eigenvalue weighted by molar-refractivity contribution is 5.94. The first-order valence-corrected chi connectivity index (χ1v) is 11.3. The quantitative estimate of drug-likeness (QED) is 0.447. The summed E-state index contributed by atoms with van der Waals surface area (Å²) in [5, 5.41) is 0. The van der Waals surface area contributed by atoms with Crippen molar-refractivity contribution in [2.24, 2.45) is 0 Å². The summed E-state index contributed by atoms with van der Waals surface area (Å²) in [4.78, 5) is 21.4. The van der Waals surface area contributed by atoms with Gasteiger partial charge in [-0.15, -0.1) is 0 Å². The molecule has 10 heteroatoms. The molecule has 3 aromatic rings. The zero-order valence-electron chi connectivity index (χ0n) is 19.0. The number of benzene rings is 2. The van der Waals surface area contributed by atoms with Crippen LogP contribution in [0.1, 0.15) is 27.3 Å². The number of amides is 1. The van der Waals surface area contributed by atoms with E-state index in [9.17, 15) is 22.4 Å². The Morgan fingerprint density at radius 2 is 1.77 bits per heavy atom. The molecule has 1 saturated heterocycles. The van der Waals surface area contributed by atoms with Crippen molar-refractivity contribution in [3.63, 3.8) is 0 Å². The van der Waals surface area contributed by atoms with E-state index >= 15 is 0 Å². The Morgan fingerprint density at radius 3 is 2.49 bits per heavy atom. The molecule has 0 N–H and O–H groups in total. The SMILES string of the molecule is O=C(c1ccc(F)cc1)N(CCN1CCOCC1)Cc1nccn1Cc1ccccc1C(F)(F)F. The van der Waals surface area contributed by atoms with Crippen molar-refractivity contribution in [3.05, 3.63) is 89.3 Å². The molecule has 0 aliphatic carbocycles. The van der Waals surface area contributed by atoms with E-state index in [2.05, 4.69) is 9.88 Å². The largest absolute Gasteiger partial charge is 0.416 e. The molecule has 0 saturated carbocycles. The van der Waals surface area contributed by atoms with Gasteiger partial charge in [0.2, 0.25) is 0 Å². The molecule has 1 amide bonds. The van der Waals surface area contributed by atoms with Crippen molar-refractivity contribution >= 4 is 5.91 Å². The van der Waals surface area contributed by atoms with Gasteiger partial charge in [0.1, 0.15) is 11.6 Å². The maximum Gasteiger partial charge on any atom is 0.416 e. The normalized spacial score (nSPS) is 14.7. The number of hydrogen-bond acceptors (Lipinski definition) is 4. The molecule has 0 radical (unpaired) electrons. The lowest BCUT2D eigenvalue weighted by Crippen LogP contribution is -2.43. The van der Waals surface area contributed by atoms with Crippen LogP contribution in [0, 0.1) is 5.82 Å². The first-order chi connectivity index (χ1) is 16.8. The van der Waals surface area contributed by atoms with Gasteiger partial charge in [-0.1, -0.05) is 18.2 Å². The zero-order chi connectivity index (χ0) is 24.8. The van der Waals surface area contributed by atoms with Gasteiger partial charge < -0.3 is 14.2 Å². The van der Waals surface area contributed by atoms with E-state index in [4.69, 9.17) is 4.74 Å². The fraction of sp³-hybridized carbons (Fsp3) is 0.360. The molecule has 0 atom stereocenters. The van der Waals surface area contributed by atoms with Crippen LogP contribution in [-0.2, 0) is 24.0 Å². The summed E-state index contributed by atoms with van der Waals surface area (Å²) in [6.07, 6.45) is -1.36. The topological polar surface area (TPSA) is 50.6 Å². The second kappa shape index (κ2) is 11.0. The van der Waals surface area contributed by atoms with E-state index in [1.807, 2.05) is 0 Å². The van der Waals surface area contributed by atoms with Crippen molar-refractivity contribution in [2.45, 2.75) is 19.3 Å². The van der Waals surface area contributed by atoms with Crippen molar-refractivity contribution in [1.29, 1.82) is 0 Å². The first-order valence-electron chi connectivity index (χ1n) is 11.3. The van der Waals surface area contributed by atoms with Gasteiger partial charge in [0.05, 0.1) is 25.3 Å². The summed E-state index contributed by atoms with van der Waals surface area (Å²) in [5.41, 5.74) is -0.260. The van der Waals surface area contributed by atoms with Crippen LogP contribution < -0.4 is 0 Å². The third-order valence-corrected chi connectivity index (χ3v) is 5.97. The molecule has 35 heavy (non-hydrogen) atoms. The van der Waals surface area contributed by atoms with Crippen LogP contribution in [0.2, 0.25) is 0 Å². The third-order valence-electron chi connectivity index (χ3n) is 5.97. The summed E-state index contributed by atoms with van der Waals surface area (Å²) in [7, 11) is 0. The molecule has 6 nitrogen and oxygen atoms in total. The molecule has 2 heterocycles. The Hall–Kier alpha value is -3.24. The molecule has 1 aliphatic rings. The Morgan fingerprint density at radius 1 is 1.06 bits per heavy atom. The van der Waals surface area contributed by atoms with Gasteiger partial charge in [0.25, 0.3) is 5.91 Å². The number of carbonyl (C=O) groups is 1. The van der Waals surface area contributed by atoms with Crippen molar-refractivity contribution < 1.29 is 27.1 Å². The van der Waals surface area contributed by atoms with E-state index in [1.54, 1.807) is 21.7 Å². The number of rotatable bonds is 8. The van der Waals surface area contributed by atoms with Crippen LogP contribution in [0.5, 0.6) is 0 Å². The number of morpholine rings is 1. The number of halogens is 4. The summed E-state index contributed by atoms with van der Waals surface area (Å²) in [6, 6.07) is 10.7. The van der Waals surface area contributed by atoms with Crippen molar-refractivity contribution in [1.82, 2.24) is 19.4 Å². The number of aromatic nitrogens is 2. The molecule has 0 unspecified atom stereocenters. The molecule has 1 aromatic heterocycles. The number of alkyl halides is 3. The van der Waals surface area contributed by atoms with E-state index in [1.165, 1.54) is 42.6 Å². The highest BCUT2D eigenvalue weighted by atomic mass is 19.4. The number of imidazole rings is 1. The van der Waals surface area contributed by atoms with Crippen molar-refractivity contribution in [2.75, 3.05) is 39.4 Å². The zero-order valence-corrected chi connectivity index (χ0v) is 19.0. The molecule has 4 rings (SSSR count). The average Bonchev–Trinajstić information content (AvgIpc) is 3.28. The Bertz CT molecular complexity index is 1120. The standard InChI is InChI=1S/C25H26F4N4O2/c26-21-7-5-19(6-8-21)24(34)33(12-11-31-13-15-35-16-14-31)18-23-30-9-10-32(23)17-20-3-1-2-4-22(20)25(27,28)29/h1-10H,11-18H2. The number of nitrogens with zero attached hydrogens (tertiary/aromatic N) is 4. The maximum absolute atomic E-state index is 13.5. The average molecular weight is 491 g/mol. The second-order valence-electron chi connectivity index (χ2n) is 8.31. The minimum absolute atomic E-state index is 0.0347. The van der Waals surface area contributed by atoms with E-state index < -0.39 is 17.6 Å². The molecular formula is C25H26F4N4O2. The first kappa shape index (κ1) is 24.9. The predicted octanol–water partition coefficient (Wildman–Crippen LogP) is 4.06. The molecule has 1 fully saturated rings. The highest BCUT2D eigenvalue weighted by Gasteiger charge is 2.33. The monoisotopic (exact) mass is 490 g/mol. The molecule has 2 aromatic carbocycles. The molecule has 0 bridgehead atoms. The van der Waals surface area contributed by atoms with Crippen LogP contribution in [0.15, 0.2) is 60.9 Å². The predicted molar refractivity (Wildman–Crippen MR) is 121 cm³/mol. The summed E-state index contributed by atoms with van der Waals surface area (Å²) >= 11 is 0. The molecule has 186 valence electrons. The summed E-state index contributed by atoms with van der Waals surface area (Å²) in [6.45, 7) is 3.79. The van der Waals surface area contributed by atoms with E-state index in [-0.39, 0.29) is 24.6 Å². The maximum atomic E-state index is 13.5. The van der Waals surface area contributed by atoms with Crippen LogP contribution >= 0.6 is 0 Å². The molecule has 1 aliphatic heterocycles. The van der Waals surface area contributed by atoms with E-state index in [0.717, 1.165) is 19.2 Å². The highest BCUT2D eigenvalue weighted by Crippen LogP contribution is 2.32. The van der Waals surface area contributed by atoms with Gasteiger partial charge in [-0.25, -0.2) is 9.37 Å². The summed E-state index contributed by atoms with van der Waals surface area (Å²) in [5.74, 6) is -0.289.